The average molecular weight is 282 g/mol. The lowest BCUT2D eigenvalue weighted by Gasteiger charge is -2.32. The Kier molecular flexibility index (Phi) is 3.53. The van der Waals surface area contributed by atoms with E-state index in [1.54, 1.807) is 0 Å². The third-order valence-corrected chi connectivity index (χ3v) is 3.25. The number of hydrogen-bond acceptors (Lipinski definition) is 3. The Bertz CT molecular complexity index is 444. The van der Waals surface area contributed by atoms with Gasteiger partial charge in [0.15, 0.2) is 0 Å². The van der Waals surface area contributed by atoms with E-state index in [9.17, 15) is 18.3 Å². The van der Waals surface area contributed by atoms with Crippen molar-refractivity contribution < 1.29 is 23.0 Å². The van der Waals surface area contributed by atoms with Crippen molar-refractivity contribution in [2.75, 3.05) is 13.2 Å². The number of nitrogens with zero attached hydrogens (tertiary/aromatic N) is 1. The Morgan fingerprint density at radius 2 is 1.89 bits per heavy atom. The molecule has 1 N–H and O–H groups in total. The van der Waals surface area contributed by atoms with Crippen LogP contribution in [0, 0.1) is 0 Å². The Balaban J connectivity index is 2.35. The highest BCUT2D eigenvalue weighted by atomic mass is 35.5. The van der Waals surface area contributed by atoms with Crippen molar-refractivity contribution in [3.05, 3.63) is 28.5 Å². The summed E-state index contributed by atoms with van der Waals surface area (Å²) < 4.78 is 42.4. The summed E-state index contributed by atoms with van der Waals surface area (Å²) in [5.74, 6) is 0. The quantitative estimate of drug-likeness (QED) is 0.805. The molecule has 2 heterocycles. The van der Waals surface area contributed by atoms with E-state index >= 15 is 0 Å². The fourth-order valence-corrected chi connectivity index (χ4v) is 2.25. The zero-order valence-electron chi connectivity index (χ0n) is 9.30. The number of ether oxygens (including phenoxy) is 1. The molecule has 1 aromatic rings. The van der Waals surface area contributed by atoms with Gasteiger partial charge in [-0.15, -0.1) is 0 Å². The number of aromatic nitrogens is 1. The highest BCUT2D eigenvalue weighted by Crippen LogP contribution is 2.37. The van der Waals surface area contributed by atoms with Crippen LogP contribution in [0.3, 0.4) is 0 Å². The van der Waals surface area contributed by atoms with Gasteiger partial charge >= 0.3 is 6.18 Å². The van der Waals surface area contributed by atoms with E-state index in [2.05, 4.69) is 4.98 Å². The summed E-state index contributed by atoms with van der Waals surface area (Å²) in [6.45, 7) is 0.682. The lowest BCUT2D eigenvalue weighted by Crippen LogP contribution is -2.34. The average Bonchev–Trinajstić information content (AvgIpc) is 2.28. The molecule has 0 aromatic carbocycles. The fourth-order valence-electron chi connectivity index (χ4n) is 1.92. The molecule has 7 heteroatoms. The minimum atomic E-state index is -4.54. The first kappa shape index (κ1) is 13.6. The van der Waals surface area contributed by atoms with Gasteiger partial charge in [0.2, 0.25) is 0 Å². The van der Waals surface area contributed by atoms with Gasteiger partial charge in [-0.1, -0.05) is 17.7 Å². The van der Waals surface area contributed by atoms with Gasteiger partial charge in [-0.2, -0.15) is 13.2 Å². The first-order valence-electron chi connectivity index (χ1n) is 5.37. The Morgan fingerprint density at radius 1 is 1.28 bits per heavy atom. The van der Waals surface area contributed by atoms with Gasteiger partial charge in [0.1, 0.15) is 10.8 Å². The largest absolute Gasteiger partial charge is 0.433 e. The van der Waals surface area contributed by atoms with Crippen molar-refractivity contribution in [3.63, 3.8) is 0 Å². The molecule has 0 spiro atoms. The van der Waals surface area contributed by atoms with E-state index in [1.807, 2.05) is 0 Å². The van der Waals surface area contributed by atoms with Gasteiger partial charge in [-0.25, -0.2) is 4.98 Å². The van der Waals surface area contributed by atoms with Crippen LogP contribution in [0.2, 0.25) is 5.15 Å². The van der Waals surface area contributed by atoms with Crippen molar-refractivity contribution in [1.29, 1.82) is 0 Å². The molecule has 0 unspecified atom stereocenters. The zero-order valence-corrected chi connectivity index (χ0v) is 10.1. The molecule has 1 saturated heterocycles. The normalized spacial score (nSPS) is 19.8. The molecule has 2 rings (SSSR count). The third-order valence-electron chi connectivity index (χ3n) is 2.96. The van der Waals surface area contributed by atoms with E-state index < -0.39 is 17.5 Å². The molecular weight excluding hydrogens is 271 g/mol. The minimum absolute atomic E-state index is 0.223. The Morgan fingerprint density at radius 3 is 2.39 bits per heavy atom. The fraction of sp³-hybridized carbons (Fsp3) is 0.545. The first-order valence-corrected chi connectivity index (χ1v) is 5.75. The number of aliphatic hydroxyl groups is 1. The van der Waals surface area contributed by atoms with Gasteiger partial charge in [-0.05, 0) is 6.07 Å². The first-order chi connectivity index (χ1) is 8.33. The van der Waals surface area contributed by atoms with Crippen LogP contribution in [0.25, 0.3) is 0 Å². The van der Waals surface area contributed by atoms with Crippen molar-refractivity contribution in [3.8, 4) is 0 Å². The lowest BCUT2D eigenvalue weighted by molar-refractivity contribution is -0.141. The number of alkyl halides is 3. The van der Waals surface area contributed by atoms with Crippen LogP contribution in [0.1, 0.15) is 24.1 Å². The number of pyridine rings is 1. The highest BCUT2D eigenvalue weighted by Gasteiger charge is 2.37. The molecule has 0 aliphatic carbocycles. The van der Waals surface area contributed by atoms with Crippen LogP contribution in [-0.4, -0.2) is 23.3 Å². The smallest absolute Gasteiger partial charge is 0.385 e. The second-order valence-corrected chi connectivity index (χ2v) is 4.53. The molecule has 1 fully saturated rings. The maximum Gasteiger partial charge on any atom is 0.433 e. The maximum atomic E-state index is 12.4. The second-order valence-electron chi connectivity index (χ2n) is 4.18. The molecule has 0 saturated carbocycles. The number of halogens is 4. The molecular formula is C11H11ClF3NO2. The molecule has 0 bridgehead atoms. The summed E-state index contributed by atoms with van der Waals surface area (Å²) in [7, 11) is 0. The van der Waals surface area contributed by atoms with Crippen LogP contribution in [0.5, 0.6) is 0 Å². The summed E-state index contributed by atoms with van der Waals surface area (Å²) in [6, 6.07) is 2.01. The predicted molar refractivity (Wildman–Crippen MR) is 58.2 cm³/mol. The SMILES string of the molecule is OC1(c2ccc(C(F)(F)F)nc2Cl)CCOCC1. The van der Waals surface area contributed by atoms with E-state index in [-0.39, 0.29) is 10.7 Å². The molecule has 18 heavy (non-hydrogen) atoms. The van der Waals surface area contributed by atoms with Crippen LogP contribution >= 0.6 is 11.6 Å². The standard InChI is InChI=1S/C11H11ClF3NO2/c12-9-7(10(17)3-5-18-6-4-10)1-2-8(16-9)11(13,14)15/h1-2,17H,3-6H2. The van der Waals surface area contributed by atoms with Crippen LogP contribution in [-0.2, 0) is 16.5 Å². The topological polar surface area (TPSA) is 42.4 Å². The number of hydrogen-bond donors (Lipinski definition) is 1. The molecule has 0 atom stereocenters. The predicted octanol–water partition coefficient (Wildman–Crippen LogP) is 2.75. The van der Waals surface area contributed by atoms with Gasteiger partial charge in [0.25, 0.3) is 0 Å². The van der Waals surface area contributed by atoms with E-state index in [4.69, 9.17) is 16.3 Å². The summed E-state index contributed by atoms with van der Waals surface area (Å²) in [5, 5.41) is 10.0. The van der Waals surface area contributed by atoms with E-state index in [0.717, 1.165) is 6.07 Å². The van der Waals surface area contributed by atoms with Gasteiger partial charge in [0, 0.05) is 31.6 Å². The van der Waals surface area contributed by atoms with Crippen LogP contribution in [0.15, 0.2) is 12.1 Å². The molecule has 3 nitrogen and oxygen atoms in total. The van der Waals surface area contributed by atoms with Crippen molar-refractivity contribution in [1.82, 2.24) is 4.98 Å². The number of rotatable bonds is 1. The molecule has 1 aliphatic rings. The van der Waals surface area contributed by atoms with Crippen molar-refractivity contribution in [2.24, 2.45) is 0 Å². The van der Waals surface area contributed by atoms with Crippen molar-refractivity contribution >= 4 is 11.6 Å². The molecule has 1 aromatic heterocycles. The van der Waals surface area contributed by atoms with E-state index in [1.165, 1.54) is 6.07 Å². The van der Waals surface area contributed by atoms with E-state index in [0.29, 0.717) is 26.1 Å². The second kappa shape index (κ2) is 4.68. The lowest BCUT2D eigenvalue weighted by atomic mass is 9.87. The van der Waals surface area contributed by atoms with Gasteiger partial charge in [0.05, 0.1) is 5.60 Å². The van der Waals surface area contributed by atoms with Gasteiger partial charge < -0.3 is 9.84 Å². The Labute approximate surface area is 107 Å². The summed E-state index contributed by atoms with van der Waals surface area (Å²) in [4.78, 5) is 3.30. The van der Waals surface area contributed by atoms with Crippen molar-refractivity contribution in [2.45, 2.75) is 24.6 Å². The molecule has 1 aliphatic heterocycles. The summed E-state index contributed by atoms with van der Waals surface area (Å²) in [6.07, 6.45) is -3.96. The third kappa shape index (κ3) is 2.60. The van der Waals surface area contributed by atoms with Gasteiger partial charge in [-0.3, -0.25) is 0 Å². The molecule has 0 amide bonds. The Hall–Kier alpha value is -0.850. The minimum Gasteiger partial charge on any atom is -0.385 e. The highest BCUT2D eigenvalue weighted by molar-refractivity contribution is 6.30. The monoisotopic (exact) mass is 281 g/mol. The van der Waals surface area contributed by atoms with Crippen LogP contribution < -0.4 is 0 Å². The summed E-state index contributed by atoms with van der Waals surface area (Å²) >= 11 is 5.75. The molecule has 0 radical (unpaired) electrons. The van der Waals surface area contributed by atoms with Crippen LogP contribution in [0.4, 0.5) is 13.2 Å². The zero-order chi connectivity index (χ0) is 13.4. The molecule has 100 valence electrons. The summed E-state index contributed by atoms with van der Waals surface area (Å²) in [5.41, 5.74) is -2.10. The maximum absolute atomic E-state index is 12.4.